The van der Waals surface area contributed by atoms with E-state index < -0.39 is 0 Å². The van der Waals surface area contributed by atoms with Crippen molar-refractivity contribution in [3.8, 4) is 135 Å². The molecule has 0 aliphatic heterocycles. The third kappa shape index (κ3) is 10.9. The van der Waals surface area contributed by atoms with Crippen molar-refractivity contribution in [1.82, 2.24) is 24.9 Å². The molecule has 0 fully saturated rings. The normalized spacial score (nSPS) is 11.7. The van der Waals surface area contributed by atoms with E-state index in [4.69, 9.17) is 33.8 Å². The van der Waals surface area contributed by atoms with Gasteiger partial charge in [-0.15, -0.1) is 0 Å². The van der Waals surface area contributed by atoms with Crippen LogP contribution in [0.2, 0.25) is 0 Å². The van der Waals surface area contributed by atoms with Gasteiger partial charge in [0, 0.05) is 60.5 Å². The smallest absolute Gasteiger partial charge is 0.164 e. The first-order valence-corrected chi connectivity index (χ1v) is 36.5. The summed E-state index contributed by atoms with van der Waals surface area (Å²) < 4.78 is 13.9. The van der Waals surface area contributed by atoms with E-state index in [0.717, 1.165) is 155 Å². The summed E-state index contributed by atoms with van der Waals surface area (Å²) in [7, 11) is 0. The Morgan fingerprint density at radius 3 is 1.22 bits per heavy atom. The zero-order chi connectivity index (χ0) is 71.2. The van der Waals surface area contributed by atoms with Gasteiger partial charge in [0.2, 0.25) is 0 Å². The molecule has 21 rings (SSSR count). The molecule has 0 spiro atoms. The molecular formula is C101H61N5O2. The fraction of sp³-hybridized carbons (Fsp3) is 0. The number of aromatic nitrogens is 5. The highest BCUT2D eigenvalue weighted by molar-refractivity contribution is 6.27. The summed E-state index contributed by atoms with van der Waals surface area (Å²) in [5.74, 6) is 2.38. The first kappa shape index (κ1) is 62.1. The number of hydrogen-bond donors (Lipinski definition) is 0. The van der Waals surface area contributed by atoms with Crippen LogP contribution in [0.15, 0.2) is 379 Å². The molecule has 0 N–H and O–H groups in total. The quantitative estimate of drug-likeness (QED) is 0.113. The molecule has 7 heteroatoms. The van der Waals surface area contributed by atoms with E-state index in [1.54, 1.807) is 0 Å². The summed E-state index contributed by atoms with van der Waals surface area (Å²) in [4.78, 5) is 26.3. The topological polar surface area (TPSA) is 90.7 Å². The Hall–Kier alpha value is -14.5. The molecule has 0 unspecified atom stereocenters. The first-order chi connectivity index (χ1) is 53.5. The molecule has 0 aliphatic rings. The fourth-order valence-electron chi connectivity index (χ4n) is 16.0. The first-order valence-electron chi connectivity index (χ1n) is 36.5. The highest BCUT2D eigenvalue weighted by atomic mass is 16.3. The molecule has 0 bridgehead atoms. The van der Waals surface area contributed by atoms with Crippen LogP contribution in [-0.4, -0.2) is 24.9 Å². The molecule has 4 heterocycles. The molecule has 17 aromatic carbocycles. The number of fused-ring (bicyclic) bond motifs is 13. The van der Waals surface area contributed by atoms with Gasteiger partial charge in [0.15, 0.2) is 23.3 Å². The van der Waals surface area contributed by atoms with E-state index in [0.29, 0.717) is 23.3 Å². The summed E-state index contributed by atoms with van der Waals surface area (Å²) in [6, 6.07) is 131. The molecule has 0 aliphatic carbocycles. The van der Waals surface area contributed by atoms with Crippen LogP contribution in [-0.2, 0) is 0 Å². The van der Waals surface area contributed by atoms with Gasteiger partial charge in [-0.1, -0.05) is 303 Å². The summed E-state index contributed by atoms with van der Waals surface area (Å²) >= 11 is 0. The lowest BCUT2D eigenvalue weighted by molar-refractivity contribution is 0.669. The number of hydrogen-bond acceptors (Lipinski definition) is 7. The third-order valence-corrected chi connectivity index (χ3v) is 21.4. The molecule has 0 radical (unpaired) electrons. The number of rotatable bonds is 12. The molecule has 21 aromatic rings. The standard InChI is InChI=1S/C101H61N5O2/c1-5-20-62(21-6-1)63-42-44-70(45-43-63)100-104-99(69-27-11-4-12-28-69)105-101(106-100)85-53-52-79(97-96(85)89-59-74(49-55-93(89)108-97)71-30-17-31-75(56-71)78-35-18-29-66-22-13-14-32-77(66)78)76-47-51-83-82-50-46-72(57-86(82)80-33-15-16-34-81(80)87(83)60-76)64-38-40-65(41-39-64)73-48-54-92-88(58-73)95-84(36-19-37-94(95)107-92)91-61-90(67-23-7-2-8-24-67)102-98(103-91)68-25-9-3-10-26-68/h1-61H. The van der Waals surface area contributed by atoms with Gasteiger partial charge >= 0.3 is 0 Å². The zero-order valence-corrected chi connectivity index (χ0v) is 58.3. The average Bonchev–Trinajstić information content (AvgIpc) is 1.40. The van der Waals surface area contributed by atoms with Gasteiger partial charge in [-0.05, 0) is 171 Å². The third-order valence-electron chi connectivity index (χ3n) is 21.4. The van der Waals surface area contributed by atoms with Crippen molar-refractivity contribution >= 4 is 87.0 Å². The minimum Gasteiger partial charge on any atom is -0.456 e. The Labute approximate surface area is 621 Å². The summed E-state index contributed by atoms with van der Waals surface area (Å²) in [5.41, 5.74) is 23.6. The van der Waals surface area contributed by atoms with Gasteiger partial charge in [-0.2, -0.15) is 0 Å². The number of benzene rings is 17. The molecule has 0 atom stereocenters. The van der Waals surface area contributed by atoms with Gasteiger partial charge in [0.25, 0.3) is 0 Å². The van der Waals surface area contributed by atoms with Crippen molar-refractivity contribution in [1.29, 1.82) is 0 Å². The molecule has 0 saturated heterocycles. The maximum Gasteiger partial charge on any atom is 0.164 e. The summed E-state index contributed by atoms with van der Waals surface area (Å²) in [5, 5.41) is 13.4. The van der Waals surface area contributed by atoms with E-state index in [2.05, 4.69) is 297 Å². The van der Waals surface area contributed by atoms with Gasteiger partial charge in [0.1, 0.15) is 22.3 Å². The van der Waals surface area contributed by atoms with Crippen LogP contribution in [0.1, 0.15) is 0 Å². The molecule has 7 nitrogen and oxygen atoms in total. The van der Waals surface area contributed by atoms with Crippen LogP contribution in [0.5, 0.6) is 0 Å². The second-order valence-corrected chi connectivity index (χ2v) is 27.7. The molecule has 0 amide bonds. The van der Waals surface area contributed by atoms with Crippen LogP contribution in [0.4, 0.5) is 0 Å². The number of furan rings is 2. The molecular weight excluding hydrogens is 1320 g/mol. The molecule has 0 saturated carbocycles. The summed E-state index contributed by atoms with van der Waals surface area (Å²) in [6.07, 6.45) is 0. The Balaban J connectivity index is 0.665. The van der Waals surface area contributed by atoms with E-state index in [1.165, 1.54) is 43.3 Å². The van der Waals surface area contributed by atoms with Gasteiger partial charge in [-0.25, -0.2) is 24.9 Å². The lowest BCUT2D eigenvalue weighted by Gasteiger charge is -2.14. The second-order valence-electron chi connectivity index (χ2n) is 27.7. The number of nitrogens with zero attached hydrogens (tertiary/aromatic N) is 5. The monoisotopic (exact) mass is 1380 g/mol. The minimum absolute atomic E-state index is 0.548. The minimum atomic E-state index is 0.548. The Kier molecular flexibility index (Phi) is 14.8. The maximum absolute atomic E-state index is 7.27. The van der Waals surface area contributed by atoms with E-state index in [1.807, 2.05) is 72.8 Å². The van der Waals surface area contributed by atoms with Gasteiger partial charge < -0.3 is 8.83 Å². The Bertz CT molecular complexity index is 7050. The van der Waals surface area contributed by atoms with E-state index in [-0.39, 0.29) is 0 Å². The molecule has 502 valence electrons. The lowest BCUT2D eigenvalue weighted by atomic mass is 9.89. The van der Waals surface area contributed by atoms with Crippen LogP contribution < -0.4 is 0 Å². The van der Waals surface area contributed by atoms with Crippen LogP contribution in [0.25, 0.3) is 222 Å². The second kappa shape index (κ2) is 25.7. The average molecular weight is 1380 g/mol. The Morgan fingerprint density at radius 1 is 0.167 bits per heavy atom. The van der Waals surface area contributed by atoms with Crippen molar-refractivity contribution in [2.75, 3.05) is 0 Å². The van der Waals surface area contributed by atoms with Crippen molar-refractivity contribution < 1.29 is 8.83 Å². The van der Waals surface area contributed by atoms with Crippen LogP contribution in [0, 0.1) is 0 Å². The predicted octanol–water partition coefficient (Wildman–Crippen LogP) is 27.1. The largest absolute Gasteiger partial charge is 0.456 e. The molecule has 4 aromatic heterocycles. The van der Waals surface area contributed by atoms with Crippen LogP contribution >= 0.6 is 0 Å². The van der Waals surface area contributed by atoms with Gasteiger partial charge in [-0.3, -0.25) is 0 Å². The lowest BCUT2D eigenvalue weighted by Crippen LogP contribution is -2.00. The van der Waals surface area contributed by atoms with Crippen LogP contribution in [0.3, 0.4) is 0 Å². The SMILES string of the molecule is c1ccc(-c2ccc(-c3nc(-c4ccccc4)nc(-c4ccc(-c5ccc6c7ccc(-c8ccc(-c9ccc%10oc%11cccc(-c%12cc(-c%13ccccc%13)nc(-c%13ccccc%13)n%12)c%11c%10c9)cc8)cc7c7ccccc7c6c5)c5oc6ccc(-c7cccc(-c8cccc9ccccc89)c7)cc6c45)n3)cc2)cc1. The van der Waals surface area contributed by atoms with E-state index in [9.17, 15) is 0 Å². The highest BCUT2D eigenvalue weighted by Gasteiger charge is 2.24. The maximum atomic E-state index is 7.27. The van der Waals surface area contributed by atoms with Gasteiger partial charge in [0.05, 0.1) is 11.4 Å². The predicted molar refractivity (Wildman–Crippen MR) is 445 cm³/mol. The highest BCUT2D eigenvalue weighted by Crippen LogP contribution is 2.47. The zero-order valence-electron chi connectivity index (χ0n) is 58.3. The van der Waals surface area contributed by atoms with Crippen molar-refractivity contribution in [3.63, 3.8) is 0 Å². The Morgan fingerprint density at radius 2 is 0.556 bits per heavy atom. The van der Waals surface area contributed by atoms with Crippen molar-refractivity contribution in [2.45, 2.75) is 0 Å². The molecule has 108 heavy (non-hydrogen) atoms. The van der Waals surface area contributed by atoms with E-state index >= 15 is 0 Å². The fourth-order valence-corrected chi connectivity index (χ4v) is 16.0. The summed E-state index contributed by atoms with van der Waals surface area (Å²) in [6.45, 7) is 0. The van der Waals surface area contributed by atoms with Crippen molar-refractivity contribution in [3.05, 3.63) is 370 Å². The van der Waals surface area contributed by atoms with Crippen molar-refractivity contribution in [2.24, 2.45) is 0 Å².